The third-order valence-electron chi connectivity index (χ3n) is 5.41. The van der Waals surface area contributed by atoms with Crippen molar-refractivity contribution in [3.63, 3.8) is 0 Å². The molecule has 6 nitrogen and oxygen atoms in total. The lowest BCUT2D eigenvalue weighted by Crippen LogP contribution is -2.49. The second-order valence-electron chi connectivity index (χ2n) is 7.44. The average Bonchev–Trinajstić information content (AvgIpc) is 3.23. The Morgan fingerprint density at radius 1 is 1.00 bits per heavy atom. The number of aromatic nitrogens is 2. The summed E-state index contributed by atoms with van der Waals surface area (Å²) in [6.45, 7) is 7.27. The number of aryl methyl sites for hydroxylation is 1. The highest BCUT2D eigenvalue weighted by molar-refractivity contribution is 5.79. The molecule has 1 amide bonds. The lowest BCUT2D eigenvalue weighted by atomic mass is 10.1. The van der Waals surface area contributed by atoms with Crippen LogP contribution in [0.5, 0.6) is 0 Å². The Bertz CT molecular complexity index is 795. The molecule has 0 atom stereocenters. The van der Waals surface area contributed by atoms with E-state index in [0.29, 0.717) is 6.42 Å². The number of nitrogens with zero attached hydrogens (tertiary/aromatic N) is 5. The van der Waals surface area contributed by atoms with E-state index >= 15 is 0 Å². The zero-order valence-electron chi connectivity index (χ0n) is 16.0. The van der Waals surface area contributed by atoms with Gasteiger partial charge in [-0.2, -0.15) is 4.98 Å². The summed E-state index contributed by atoms with van der Waals surface area (Å²) in [4.78, 5) is 28.3. The van der Waals surface area contributed by atoms with Crippen LogP contribution in [0.4, 0.5) is 11.8 Å². The van der Waals surface area contributed by atoms with Gasteiger partial charge in [-0.15, -0.1) is 0 Å². The van der Waals surface area contributed by atoms with Gasteiger partial charge in [0.15, 0.2) is 0 Å². The molecule has 2 aliphatic rings. The molecule has 6 heteroatoms. The minimum atomic E-state index is 0.209. The Morgan fingerprint density at radius 3 is 2.52 bits per heavy atom. The highest BCUT2D eigenvalue weighted by Crippen LogP contribution is 2.20. The molecule has 0 bridgehead atoms. The molecule has 0 N–H and O–H groups in total. The second kappa shape index (κ2) is 7.94. The van der Waals surface area contributed by atoms with Crippen LogP contribution in [0.2, 0.25) is 0 Å². The summed E-state index contributed by atoms with van der Waals surface area (Å²) in [5, 5.41) is 0. The molecule has 0 unspecified atom stereocenters. The number of benzene rings is 1. The minimum Gasteiger partial charge on any atom is -0.353 e. The molecule has 0 spiro atoms. The van der Waals surface area contributed by atoms with Gasteiger partial charge in [0.2, 0.25) is 11.9 Å². The number of carbonyl (C=O) groups is 1. The molecule has 1 aromatic heterocycles. The lowest BCUT2D eigenvalue weighted by molar-refractivity contribution is -0.130. The monoisotopic (exact) mass is 365 g/mol. The predicted molar refractivity (Wildman–Crippen MR) is 107 cm³/mol. The van der Waals surface area contributed by atoms with Crippen molar-refractivity contribution in [3.8, 4) is 0 Å². The van der Waals surface area contributed by atoms with Crippen LogP contribution in [0.3, 0.4) is 0 Å². The second-order valence-corrected chi connectivity index (χ2v) is 7.44. The van der Waals surface area contributed by atoms with Crippen molar-refractivity contribution < 1.29 is 4.79 Å². The van der Waals surface area contributed by atoms with Crippen molar-refractivity contribution in [2.24, 2.45) is 0 Å². The van der Waals surface area contributed by atoms with Gasteiger partial charge in [-0.1, -0.05) is 29.8 Å². The molecule has 0 aliphatic carbocycles. The summed E-state index contributed by atoms with van der Waals surface area (Å²) in [5.41, 5.74) is 2.29. The standard InChI is InChI=1S/C21H27N5O/c1-17-5-4-6-18(15-17)16-20(27)25-13-11-24(12-14-25)19-7-8-22-21(23-19)26-9-2-3-10-26/h4-8,15H,2-3,9-14,16H2,1H3. The Kier molecular flexibility index (Phi) is 5.23. The molecule has 2 aromatic rings. The highest BCUT2D eigenvalue weighted by Gasteiger charge is 2.23. The van der Waals surface area contributed by atoms with E-state index < -0.39 is 0 Å². The smallest absolute Gasteiger partial charge is 0.227 e. The van der Waals surface area contributed by atoms with E-state index in [4.69, 9.17) is 4.98 Å². The highest BCUT2D eigenvalue weighted by atomic mass is 16.2. The number of hydrogen-bond acceptors (Lipinski definition) is 5. The largest absolute Gasteiger partial charge is 0.353 e. The van der Waals surface area contributed by atoms with Gasteiger partial charge in [0.1, 0.15) is 5.82 Å². The van der Waals surface area contributed by atoms with E-state index in [2.05, 4.69) is 33.8 Å². The van der Waals surface area contributed by atoms with Crippen molar-refractivity contribution in [2.75, 3.05) is 49.1 Å². The fraction of sp³-hybridized carbons (Fsp3) is 0.476. The van der Waals surface area contributed by atoms with Crippen LogP contribution >= 0.6 is 0 Å². The minimum absolute atomic E-state index is 0.209. The maximum absolute atomic E-state index is 12.6. The van der Waals surface area contributed by atoms with Gasteiger partial charge in [0.25, 0.3) is 0 Å². The molecule has 142 valence electrons. The number of hydrogen-bond donors (Lipinski definition) is 0. The lowest BCUT2D eigenvalue weighted by Gasteiger charge is -2.35. The van der Waals surface area contributed by atoms with Crippen LogP contribution in [0.25, 0.3) is 0 Å². The summed E-state index contributed by atoms with van der Waals surface area (Å²) in [5.74, 6) is 2.02. The van der Waals surface area contributed by atoms with E-state index in [1.54, 1.807) is 0 Å². The van der Waals surface area contributed by atoms with Crippen molar-refractivity contribution >= 4 is 17.7 Å². The summed E-state index contributed by atoms with van der Waals surface area (Å²) in [6.07, 6.45) is 4.77. The first-order valence-electron chi connectivity index (χ1n) is 9.85. The molecule has 2 saturated heterocycles. The Hall–Kier alpha value is -2.63. The maximum atomic E-state index is 12.6. The van der Waals surface area contributed by atoms with Gasteiger partial charge < -0.3 is 14.7 Å². The maximum Gasteiger partial charge on any atom is 0.227 e. The van der Waals surface area contributed by atoms with Gasteiger partial charge in [0, 0.05) is 45.5 Å². The molecule has 1 aromatic carbocycles. The van der Waals surface area contributed by atoms with E-state index in [-0.39, 0.29) is 5.91 Å². The van der Waals surface area contributed by atoms with Crippen LogP contribution < -0.4 is 9.80 Å². The van der Waals surface area contributed by atoms with Gasteiger partial charge in [0.05, 0.1) is 6.42 Å². The topological polar surface area (TPSA) is 52.6 Å². The first-order valence-corrected chi connectivity index (χ1v) is 9.85. The van der Waals surface area contributed by atoms with Gasteiger partial charge >= 0.3 is 0 Å². The van der Waals surface area contributed by atoms with E-state index in [0.717, 1.165) is 56.6 Å². The third-order valence-corrected chi connectivity index (χ3v) is 5.41. The SMILES string of the molecule is Cc1cccc(CC(=O)N2CCN(c3ccnc(N4CCCC4)n3)CC2)c1. The van der Waals surface area contributed by atoms with Crippen LogP contribution in [-0.2, 0) is 11.2 Å². The van der Waals surface area contributed by atoms with Crippen LogP contribution in [-0.4, -0.2) is 60.0 Å². The van der Waals surface area contributed by atoms with Crippen molar-refractivity contribution in [2.45, 2.75) is 26.2 Å². The van der Waals surface area contributed by atoms with Crippen molar-refractivity contribution in [3.05, 3.63) is 47.7 Å². The molecule has 0 radical (unpaired) electrons. The number of rotatable bonds is 4. The predicted octanol–water partition coefficient (Wildman–Crippen LogP) is 2.28. The van der Waals surface area contributed by atoms with Crippen molar-refractivity contribution in [1.82, 2.24) is 14.9 Å². The third kappa shape index (κ3) is 4.21. The number of amides is 1. The number of piperazine rings is 1. The zero-order chi connectivity index (χ0) is 18.6. The normalized spacial score (nSPS) is 17.4. The average molecular weight is 365 g/mol. The zero-order valence-corrected chi connectivity index (χ0v) is 16.0. The summed E-state index contributed by atoms with van der Waals surface area (Å²) in [6, 6.07) is 10.2. The Balaban J connectivity index is 1.34. The summed E-state index contributed by atoms with van der Waals surface area (Å²) >= 11 is 0. The van der Waals surface area contributed by atoms with Crippen LogP contribution in [0.15, 0.2) is 36.5 Å². The summed E-state index contributed by atoms with van der Waals surface area (Å²) in [7, 11) is 0. The first kappa shape index (κ1) is 17.8. The molecular formula is C21H27N5O. The van der Waals surface area contributed by atoms with E-state index in [1.807, 2.05) is 29.3 Å². The fourth-order valence-corrected chi connectivity index (χ4v) is 3.88. The molecule has 27 heavy (non-hydrogen) atoms. The quantitative estimate of drug-likeness (QED) is 0.832. The Morgan fingerprint density at radius 2 is 1.78 bits per heavy atom. The van der Waals surface area contributed by atoms with E-state index in [9.17, 15) is 4.79 Å². The molecule has 2 fully saturated rings. The van der Waals surface area contributed by atoms with Gasteiger partial charge in [-0.3, -0.25) is 4.79 Å². The molecule has 3 heterocycles. The number of anilines is 2. The first-order chi connectivity index (χ1) is 13.2. The fourth-order valence-electron chi connectivity index (χ4n) is 3.88. The van der Waals surface area contributed by atoms with Crippen LogP contribution in [0, 0.1) is 6.92 Å². The van der Waals surface area contributed by atoms with Crippen molar-refractivity contribution in [1.29, 1.82) is 0 Å². The molecule has 2 aliphatic heterocycles. The van der Waals surface area contributed by atoms with Gasteiger partial charge in [-0.05, 0) is 31.4 Å². The van der Waals surface area contributed by atoms with E-state index in [1.165, 1.54) is 18.4 Å². The number of carbonyl (C=O) groups excluding carboxylic acids is 1. The summed E-state index contributed by atoms with van der Waals surface area (Å²) < 4.78 is 0. The molecule has 0 saturated carbocycles. The van der Waals surface area contributed by atoms with Gasteiger partial charge in [-0.25, -0.2) is 4.98 Å². The Labute approximate surface area is 160 Å². The molecule has 4 rings (SSSR count). The molecular weight excluding hydrogens is 338 g/mol. The van der Waals surface area contributed by atoms with Crippen LogP contribution in [0.1, 0.15) is 24.0 Å².